The van der Waals surface area contributed by atoms with Crippen molar-refractivity contribution in [3.05, 3.63) is 228 Å². The van der Waals surface area contributed by atoms with E-state index in [1.165, 1.54) is 48.2 Å². The lowest BCUT2D eigenvalue weighted by atomic mass is 9.74. The van der Waals surface area contributed by atoms with Gasteiger partial charge in [0.1, 0.15) is 28.6 Å². The van der Waals surface area contributed by atoms with Crippen molar-refractivity contribution in [2.75, 3.05) is 109 Å². The first kappa shape index (κ1) is 69.5. The van der Waals surface area contributed by atoms with Crippen LogP contribution in [-0.4, -0.2) is 147 Å². The Balaban J connectivity index is 0.000000151. The SMILES string of the molecule is CCCCCNc1c(N2CCN(c3ncc(C(=O)NO)cn3)CC2)c(=O)c1=O.O=C(NO)c1cnc(C2CCC(c3c(Cc4cccc(-c5ccccc5)c4)c(=O)c3=O)CC2)nc1.O=C(NO)c1cnc(N2CCN(c3c(NCC4CCN(Cc5ccccc5)C4)c(=O)c3=O)CC2)nc1. The Kier molecular flexibility index (Phi) is 22.8. The molecule has 99 heavy (non-hydrogen) atoms. The monoisotopic (exact) mass is 1350 g/mol. The minimum absolute atomic E-state index is 0.0724. The smallest absolute Gasteiger partial charge is 0.277 e. The average molecular weight is 1350 g/mol. The number of rotatable bonds is 22. The number of hydrogen-bond donors (Lipinski definition) is 8. The van der Waals surface area contributed by atoms with Crippen LogP contribution in [0.15, 0.2) is 151 Å². The molecule has 3 amide bonds. The van der Waals surface area contributed by atoms with Gasteiger partial charge in [0.25, 0.3) is 39.4 Å². The van der Waals surface area contributed by atoms with Gasteiger partial charge in [0, 0.05) is 139 Å². The number of aromatic nitrogens is 6. The molecule has 1 saturated carbocycles. The van der Waals surface area contributed by atoms with Gasteiger partial charge in [-0.2, -0.15) is 0 Å². The standard InChI is InChI=1S/C28H25N3O4.C25H29N7O4.C18H24N6O4/c32-25-23(14-17-5-4-8-21(13-17)18-6-2-1-3-7-18)24(26(25)33)19-9-11-20(12-10-19)27-29-15-22(16-30-27)28(34)31-35;33-22-20(26-12-18-6-7-30(16-18)15-17-4-2-1-3-5-17)21(23(22)34)31-8-10-32(11-9-31)25-27-13-19(14-28-25)24(35)29-36;1-2-3-4-5-19-13-14(16(26)15(13)25)23-6-8-24(9-7-23)18-20-10-12(11-21-18)17(27)22-28/h1-8,13,15-16,19-20,35H,9-12,14H2,(H,31,34);1-5,13-14,18,26,36H,6-12,15-16H2,(H,29,35);10-11,19,28H,2-9H2,1H3,(H,22,27). The van der Waals surface area contributed by atoms with Gasteiger partial charge in [-0.15, -0.1) is 0 Å². The third kappa shape index (κ3) is 16.3. The summed E-state index contributed by atoms with van der Waals surface area (Å²) in [6.45, 7) is 10.9. The van der Waals surface area contributed by atoms with E-state index in [-0.39, 0.29) is 39.4 Å². The number of nitrogens with one attached hydrogen (secondary N) is 5. The second-order valence-electron chi connectivity index (χ2n) is 25.1. The summed E-state index contributed by atoms with van der Waals surface area (Å²) in [6, 6.07) is 28.6. The van der Waals surface area contributed by atoms with Crippen molar-refractivity contribution in [1.82, 2.24) is 51.2 Å². The number of piperazine rings is 2. The highest BCUT2D eigenvalue weighted by Crippen LogP contribution is 2.40. The van der Waals surface area contributed by atoms with Crippen LogP contribution < -0.4 is 79.2 Å². The largest absolute Gasteiger partial charge is 0.380 e. The Morgan fingerprint density at radius 1 is 0.475 bits per heavy atom. The van der Waals surface area contributed by atoms with Crippen LogP contribution in [0.5, 0.6) is 0 Å². The summed E-state index contributed by atoms with van der Waals surface area (Å²) >= 11 is 0. The summed E-state index contributed by atoms with van der Waals surface area (Å²) < 4.78 is 0. The summed E-state index contributed by atoms with van der Waals surface area (Å²) in [5.41, 5.74) is 10.5. The Morgan fingerprint density at radius 2 is 0.939 bits per heavy atom. The normalized spacial score (nSPS) is 17.1. The van der Waals surface area contributed by atoms with Crippen molar-refractivity contribution in [2.45, 2.75) is 83.1 Å². The fourth-order valence-electron chi connectivity index (χ4n) is 13.3. The van der Waals surface area contributed by atoms with Gasteiger partial charge >= 0.3 is 0 Å². The van der Waals surface area contributed by atoms with Crippen LogP contribution >= 0.6 is 0 Å². The molecule has 1 unspecified atom stereocenters. The van der Waals surface area contributed by atoms with E-state index < -0.39 is 39.4 Å². The van der Waals surface area contributed by atoms with Crippen molar-refractivity contribution in [1.29, 1.82) is 0 Å². The van der Waals surface area contributed by atoms with Gasteiger partial charge in [0.2, 0.25) is 22.8 Å². The minimum atomic E-state index is -0.673. The zero-order valence-electron chi connectivity index (χ0n) is 54.8. The van der Waals surface area contributed by atoms with E-state index in [1.807, 2.05) is 62.1 Å². The van der Waals surface area contributed by atoms with Gasteiger partial charge < -0.3 is 30.2 Å². The molecule has 8 N–H and O–H groups in total. The number of amides is 3. The first-order valence-corrected chi connectivity index (χ1v) is 33.3. The van der Waals surface area contributed by atoms with Crippen LogP contribution in [0, 0.1) is 5.92 Å². The Bertz CT molecular complexity index is 4460. The summed E-state index contributed by atoms with van der Waals surface area (Å²) in [4.78, 5) is 143. The number of unbranched alkanes of at least 4 members (excludes halogenated alkanes) is 2. The maximum Gasteiger partial charge on any atom is 0.277 e. The molecule has 1 aliphatic carbocycles. The molecule has 514 valence electrons. The molecular formula is C71H78N16O12. The number of carbonyl (C=O) groups is 3. The molecule has 0 spiro atoms. The van der Waals surface area contributed by atoms with Crippen LogP contribution in [-0.2, 0) is 13.0 Å². The molecule has 3 aromatic heterocycles. The molecule has 4 fully saturated rings. The van der Waals surface area contributed by atoms with E-state index in [2.05, 4.69) is 94.8 Å². The summed E-state index contributed by atoms with van der Waals surface area (Å²) in [5, 5.41) is 32.5. The number of carbonyl (C=O) groups excluding carboxylic acids is 3. The number of anilines is 6. The van der Waals surface area contributed by atoms with Crippen molar-refractivity contribution in [3.8, 4) is 11.1 Å². The lowest BCUT2D eigenvalue weighted by Gasteiger charge is -2.37. The van der Waals surface area contributed by atoms with Gasteiger partial charge in [0.15, 0.2) is 0 Å². The topological polar surface area (TPSA) is 368 Å². The van der Waals surface area contributed by atoms with Crippen LogP contribution in [0.2, 0.25) is 0 Å². The Hall–Kier alpha value is -10.8. The number of nitrogens with zero attached hydrogens (tertiary/aromatic N) is 11. The third-order valence-electron chi connectivity index (χ3n) is 18.8. The van der Waals surface area contributed by atoms with Crippen LogP contribution in [0.25, 0.3) is 11.1 Å². The predicted molar refractivity (Wildman–Crippen MR) is 372 cm³/mol. The second-order valence-corrected chi connectivity index (χ2v) is 25.1. The van der Waals surface area contributed by atoms with Gasteiger partial charge in [-0.25, -0.2) is 46.3 Å². The Morgan fingerprint density at radius 3 is 1.45 bits per heavy atom. The maximum absolute atomic E-state index is 12.5. The maximum atomic E-state index is 12.5. The summed E-state index contributed by atoms with van der Waals surface area (Å²) in [5.74, 6) is 0.228. The molecule has 28 nitrogen and oxygen atoms in total. The van der Waals surface area contributed by atoms with Crippen LogP contribution in [0.4, 0.5) is 34.6 Å². The van der Waals surface area contributed by atoms with Crippen molar-refractivity contribution in [3.63, 3.8) is 0 Å². The molecule has 28 heteroatoms. The van der Waals surface area contributed by atoms with E-state index in [0.717, 1.165) is 87.7 Å². The van der Waals surface area contributed by atoms with E-state index in [1.54, 1.807) is 11.0 Å². The number of hydrogen-bond acceptors (Lipinski definition) is 25. The molecule has 1 atom stereocenters. The molecular weight excluding hydrogens is 1270 g/mol. The zero-order chi connectivity index (χ0) is 69.5. The fourth-order valence-corrected chi connectivity index (χ4v) is 13.3. The lowest BCUT2D eigenvalue weighted by molar-refractivity contribution is 0.0701. The molecule has 3 saturated heterocycles. The highest BCUT2D eigenvalue weighted by molar-refractivity contribution is 5.93. The molecule has 6 aromatic carbocycles. The first-order valence-electron chi connectivity index (χ1n) is 33.3. The molecule has 3 aliphatic heterocycles. The molecule has 0 radical (unpaired) electrons. The quantitative estimate of drug-likeness (QED) is 0.0201. The van der Waals surface area contributed by atoms with Crippen molar-refractivity contribution in [2.24, 2.45) is 5.92 Å². The minimum Gasteiger partial charge on any atom is -0.380 e. The van der Waals surface area contributed by atoms with Crippen molar-refractivity contribution < 1.29 is 30.0 Å². The molecule has 9 aromatic rings. The molecule has 6 heterocycles. The second kappa shape index (κ2) is 32.5. The van der Waals surface area contributed by atoms with Crippen LogP contribution in [0.3, 0.4) is 0 Å². The lowest BCUT2D eigenvalue weighted by Crippen LogP contribution is -2.52. The molecule has 0 bridgehead atoms. The van der Waals surface area contributed by atoms with E-state index in [9.17, 15) is 43.2 Å². The number of likely N-dealkylation sites (tertiary alicyclic amines) is 1. The van der Waals surface area contributed by atoms with E-state index in [0.29, 0.717) is 129 Å². The van der Waals surface area contributed by atoms with Gasteiger partial charge in [-0.3, -0.25) is 63.7 Å². The average Bonchev–Trinajstić information content (AvgIpc) is 1.74. The molecule has 13 rings (SSSR count). The van der Waals surface area contributed by atoms with E-state index in [4.69, 9.17) is 15.6 Å². The summed E-state index contributed by atoms with van der Waals surface area (Å²) in [6.07, 6.45) is 16.0. The fraction of sp³-hybridized carbons (Fsp3) is 0.366. The summed E-state index contributed by atoms with van der Waals surface area (Å²) in [7, 11) is 0. The number of hydroxylamine groups is 3. The number of benzene rings is 3. The predicted octanol–water partition coefficient (Wildman–Crippen LogP) is 4.46. The van der Waals surface area contributed by atoms with Crippen molar-refractivity contribution >= 4 is 52.4 Å². The van der Waals surface area contributed by atoms with Gasteiger partial charge in [0.05, 0.1) is 16.7 Å². The Labute approximate surface area is 568 Å². The van der Waals surface area contributed by atoms with E-state index >= 15 is 0 Å². The van der Waals surface area contributed by atoms with Crippen LogP contribution in [0.1, 0.15) is 129 Å². The first-order chi connectivity index (χ1) is 48.1. The molecule has 4 aliphatic rings. The highest BCUT2D eigenvalue weighted by Gasteiger charge is 2.35. The van der Waals surface area contributed by atoms with Gasteiger partial charge in [-0.1, -0.05) is 105 Å². The third-order valence-corrected chi connectivity index (χ3v) is 18.8. The zero-order valence-corrected chi connectivity index (χ0v) is 54.8. The highest BCUT2D eigenvalue weighted by atomic mass is 16.5. The van der Waals surface area contributed by atoms with Gasteiger partial charge in [-0.05, 0) is 79.2 Å².